The molecule has 0 aliphatic rings. The van der Waals surface area contributed by atoms with Crippen molar-refractivity contribution in [3.63, 3.8) is 0 Å². The molecule has 2 aromatic carbocycles. The molecule has 1 amide bonds. The predicted molar refractivity (Wildman–Crippen MR) is 107 cm³/mol. The molecule has 0 atom stereocenters. The highest BCUT2D eigenvalue weighted by Gasteiger charge is 2.18. The van der Waals surface area contributed by atoms with Crippen LogP contribution in [0.1, 0.15) is 6.42 Å². The topological polar surface area (TPSA) is 93.5 Å². The summed E-state index contributed by atoms with van der Waals surface area (Å²) in [4.78, 5) is 16.7. The molecule has 3 aromatic rings. The molecule has 0 fully saturated rings. The highest BCUT2D eigenvalue weighted by Crippen LogP contribution is 2.23. The lowest BCUT2D eigenvalue weighted by Crippen LogP contribution is -2.22. The summed E-state index contributed by atoms with van der Waals surface area (Å²) in [5.74, 6) is 0.441. The van der Waals surface area contributed by atoms with E-state index in [4.69, 9.17) is 4.74 Å². The van der Waals surface area contributed by atoms with Gasteiger partial charge in [-0.2, -0.15) is 0 Å². The van der Waals surface area contributed by atoms with Gasteiger partial charge in [0.25, 0.3) is 0 Å². The quantitative estimate of drug-likeness (QED) is 0.655. The van der Waals surface area contributed by atoms with Crippen molar-refractivity contribution in [3.05, 3.63) is 48.8 Å². The lowest BCUT2D eigenvalue weighted by atomic mass is 10.2. The molecule has 0 radical (unpaired) electrons. The number of sulfonamides is 1. The average molecular weight is 402 g/mol. The number of amides is 1. The maximum Gasteiger partial charge on any atom is 0.242 e. The number of aromatic nitrogens is 2. The van der Waals surface area contributed by atoms with E-state index in [1.807, 2.05) is 16.7 Å². The monoisotopic (exact) mass is 402 g/mol. The molecule has 8 nitrogen and oxygen atoms in total. The first-order valence-electron chi connectivity index (χ1n) is 8.63. The summed E-state index contributed by atoms with van der Waals surface area (Å²) in [5, 5.41) is 2.83. The van der Waals surface area contributed by atoms with E-state index in [0.29, 0.717) is 23.5 Å². The van der Waals surface area contributed by atoms with Crippen LogP contribution >= 0.6 is 0 Å². The Morgan fingerprint density at radius 1 is 1.21 bits per heavy atom. The van der Waals surface area contributed by atoms with Gasteiger partial charge in [0.2, 0.25) is 15.9 Å². The average Bonchev–Trinajstić information content (AvgIpc) is 3.09. The lowest BCUT2D eigenvalue weighted by molar-refractivity contribution is -0.116. The van der Waals surface area contributed by atoms with Crippen LogP contribution in [0.4, 0.5) is 5.69 Å². The van der Waals surface area contributed by atoms with Crippen molar-refractivity contribution in [1.82, 2.24) is 13.9 Å². The summed E-state index contributed by atoms with van der Waals surface area (Å²) < 4.78 is 32.7. The molecule has 28 heavy (non-hydrogen) atoms. The molecule has 1 heterocycles. The van der Waals surface area contributed by atoms with Gasteiger partial charge < -0.3 is 14.6 Å². The molecule has 1 N–H and O–H groups in total. The van der Waals surface area contributed by atoms with Gasteiger partial charge in [0.15, 0.2) is 0 Å². The Kier molecular flexibility index (Phi) is 5.66. The van der Waals surface area contributed by atoms with Gasteiger partial charge >= 0.3 is 0 Å². The number of nitrogens with zero attached hydrogens (tertiary/aromatic N) is 3. The number of imidazole rings is 1. The Balaban J connectivity index is 1.72. The van der Waals surface area contributed by atoms with Crippen molar-refractivity contribution in [2.24, 2.45) is 0 Å². The predicted octanol–water partition coefficient (Wildman–Crippen LogP) is 2.32. The van der Waals surface area contributed by atoms with Gasteiger partial charge in [-0.25, -0.2) is 17.7 Å². The first-order chi connectivity index (χ1) is 13.3. The number of hydrogen-bond donors (Lipinski definition) is 1. The van der Waals surface area contributed by atoms with Crippen LogP contribution in [0.25, 0.3) is 11.0 Å². The van der Waals surface area contributed by atoms with Gasteiger partial charge in [-0.3, -0.25) is 4.79 Å². The summed E-state index contributed by atoms with van der Waals surface area (Å²) in [6, 6.07) is 12.0. The van der Waals surface area contributed by atoms with E-state index in [9.17, 15) is 13.2 Å². The number of rotatable bonds is 7. The van der Waals surface area contributed by atoms with Crippen molar-refractivity contribution in [1.29, 1.82) is 0 Å². The molecule has 0 unspecified atom stereocenters. The van der Waals surface area contributed by atoms with E-state index in [0.717, 1.165) is 9.82 Å². The van der Waals surface area contributed by atoms with Gasteiger partial charge in [0, 0.05) is 27.1 Å². The van der Waals surface area contributed by atoms with E-state index < -0.39 is 10.0 Å². The Hall–Kier alpha value is -2.91. The van der Waals surface area contributed by atoms with Crippen LogP contribution in [-0.4, -0.2) is 49.4 Å². The van der Waals surface area contributed by atoms with E-state index in [1.54, 1.807) is 37.7 Å². The van der Waals surface area contributed by atoms with Crippen LogP contribution < -0.4 is 10.1 Å². The second kappa shape index (κ2) is 7.99. The van der Waals surface area contributed by atoms with Gasteiger partial charge in [0.05, 0.1) is 35.1 Å². The number of ether oxygens (including phenoxy) is 1. The van der Waals surface area contributed by atoms with Crippen LogP contribution in [0.2, 0.25) is 0 Å². The Bertz CT molecular complexity index is 1110. The Morgan fingerprint density at radius 2 is 1.96 bits per heavy atom. The number of nitrogens with one attached hydrogen (secondary N) is 1. The molecule has 0 aliphatic carbocycles. The molecule has 9 heteroatoms. The van der Waals surface area contributed by atoms with Crippen molar-refractivity contribution in [3.8, 4) is 5.75 Å². The van der Waals surface area contributed by atoms with Crippen LogP contribution in [0, 0.1) is 0 Å². The molecule has 1 aromatic heterocycles. The number of aryl methyl sites for hydroxylation is 1. The van der Waals surface area contributed by atoms with Crippen LogP contribution in [0.15, 0.2) is 53.7 Å². The summed E-state index contributed by atoms with van der Waals surface area (Å²) in [6.07, 6.45) is 1.84. The standard InChI is InChI=1S/C19H22N4O4S/c1-22(2)28(25,26)14-8-9-17-16(12-14)20-13-23(17)11-10-19(24)21-15-6-4-5-7-18(15)27-3/h4-9,12-13H,10-11H2,1-3H3,(H,21,24). The van der Waals surface area contributed by atoms with Crippen LogP contribution in [-0.2, 0) is 21.4 Å². The van der Waals surface area contributed by atoms with Crippen molar-refractivity contribution < 1.29 is 17.9 Å². The number of carbonyl (C=O) groups excluding carboxylic acids is 1. The van der Waals surface area contributed by atoms with Gasteiger partial charge in [-0.05, 0) is 30.3 Å². The maximum atomic E-state index is 12.3. The zero-order valence-corrected chi connectivity index (χ0v) is 16.7. The number of hydrogen-bond acceptors (Lipinski definition) is 5. The highest BCUT2D eigenvalue weighted by atomic mass is 32.2. The molecule has 0 saturated carbocycles. The normalized spacial score (nSPS) is 11.7. The zero-order valence-electron chi connectivity index (χ0n) is 15.9. The second-order valence-electron chi connectivity index (χ2n) is 6.37. The molecule has 148 valence electrons. The Morgan fingerprint density at radius 3 is 2.68 bits per heavy atom. The van der Waals surface area contributed by atoms with E-state index >= 15 is 0 Å². The number of carbonyl (C=O) groups is 1. The summed E-state index contributed by atoms with van der Waals surface area (Å²) in [7, 11) is 1.00. The molecular weight excluding hydrogens is 380 g/mol. The van der Waals surface area contributed by atoms with Crippen molar-refractivity contribution in [2.75, 3.05) is 26.5 Å². The zero-order chi connectivity index (χ0) is 20.3. The first-order valence-corrected chi connectivity index (χ1v) is 10.1. The van der Waals surface area contributed by atoms with E-state index in [-0.39, 0.29) is 17.2 Å². The fourth-order valence-electron chi connectivity index (χ4n) is 2.78. The van der Waals surface area contributed by atoms with E-state index in [2.05, 4.69) is 10.3 Å². The SMILES string of the molecule is COc1ccccc1NC(=O)CCn1cnc2cc(S(=O)(=O)N(C)C)ccc21. The summed E-state index contributed by atoms with van der Waals surface area (Å²) in [6.45, 7) is 0.414. The van der Waals surface area contributed by atoms with E-state index in [1.165, 1.54) is 20.2 Å². The van der Waals surface area contributed by atoms with Crippen LogP contribution in [0.5, 0.6) is 5.75 Å². The summed E-state index contributed by atoms with van der Waals surface area (Å²) >= 11 is 0. The minimum Gasteiger partial charge on any atom is -0.495 e. The summed E-state index contributed by atoms with van der Waals surface area (Å²) in [5.41, 5.74) is 1.94. The van der Waals surface area contributed by atoms with Gasteiger partial charge in [-0.15, -0.1) is 0 Å². The second-order valence-corrected chi connectivity index (χ2v) is 8.53. The highest BCUT2D eigenvalue weighted by molar-refractivity contribution is 7.89. The number of methoxy groups -OCH3 is 1. The maximum absolute atomic E-state index is 12.3. The fourth-order valence-corrected chi connectivity index (χ4v) is 3.70. The lowest BCUT2D eigenvalue weighted by Gasteiger charge is -2.11. The number of para-hydroxylation sites is 2. The number of benzene rings is 2. The minimum absolute atomic E-state index is 0.154. The van der Waals surface area contributed by atoms with Crippen molar-refractivity contribution in [2.45, 2.75) is 17.9 Å². The minimum atomic E-state index is -3.52. The molecule has 0 saturated heterocycles. The van der Waals surface area contributed by atoms with Gasteiger partial charge in [-0.1, -0.05) is 12.1 Å². The molecule has 0 bridgehead atoms. The number of fused-ring (bicyclic) bond motifs is 1. The third kappa shape index (κ3) is 4.00. The van der Waals surface area contributed by atoms with Crippen LogP contribution in [0.3, 0.4) is 0 Å². The molecule has 0 spiro atoms. The molecular formula is C19H22N4O4S. The smallest absolute Gasteiger partial charge is 0.242 e. The Labute approximate surface area is 163 Å². The molecule has 3 rings (SSSR count). The van der Waals surface area contributed by atoms with Gasteiger partial charge in [0.1, 0.15) is 5.75 Å². The number of anilines is 1. The largest absolute Gasteiger partial charge is 0.495 e. The fraction of sp³-hybridized carbons (Fsp3) is 0.263. The third-order valence-electron chi connectivity index (χ3n) is 4.33. The van der Waals surface area contributed by atoms with Crippen molar-refractivity contribution >= 4 is 32.7 Å². The third-order valence-corrected chi connectivity index (χ3v) is 6.14. The molecule has 0 aliphatic heterocycles. The first kappa shape index (κ1) is 19.8.